The minimum atomic E-state index is 0.492. The van der Waals surface area contributed by atoms with Gasteiger partial charge in [-0.2, -0.15) is 11.8 Å². The summed E-state index contributed by atoms with van der Waals surface area (Å²) < 4.78 is 10.8. The zero-order valence-electron chi connectivity index (χ0n) is 18.7. The molecule has 0 fully saturated rings. The molecule has 0 heterocycles. The van der Waals surface area contributed by atoms with Crippen LogP contribution < -0.4 is 9.47 Å². The van der Waals surface area contributed by atoms with Gasteiger partial charge in [0, 0.05) is 0 Å². The van der Waals surface area contributed by atoms with Gasteiger partial charge in [-0.1, -0.05) is 62.4 Å². The standard InChI is InChI=1S/C28H30O2S/c1-19(25-9-5-7-21-15-23(29-3)11-13-27(21)25)17-31-18-20(2)26-10-6-8-22-16-24(30-4)12-14-28(22)26/h5-16,19-20H,17-18H2,1-4H3. The molecule has 160 valence electrons. The Morgan fingerprint density at radius 3 is 1.52 bits per heavy atom. The zero-order valence-corrected chi connectivity index (χ0v) is 19.5. The van der Waals surface area contributed by atoms with Crippen LogP contribution in [0.25, 0.3) is 21.5 Å². The number of methoxy groups -OCH3 is 2. The molecular weight excluding hydrogens is 400 g/mol. The van der Waals surface area contributed by atoms with E-state index in [2.05, 4.69) is 86.6 Å². The van der Waals surface area contributed by atoms with Gasteiger partial charge >= 0.3 is 0 Å². The van der Waals surface area contributed by atoms with Crippen LogP contribution >= 0.6 is 11.8 Å². The van der Waals surface area contributed by atoms with Crippen molar-refractivity contribution in [3.63, 3.8) is 0 Å². The predicted molar refractivity (Wildman–Crippen MR) is 135 cm³/mol. The van der Waals surface area contributed by atoms with Gasteiger partial charge in [0.1, 0.15) is 11.5 Å². The summed E-state index contributed by atoms with van der Waals surface area (Å²) in [5.41, 5.74) is 2.83. The van der Waals surface area contributed by atoms with E-state index in [1.54, 1.807) is 14.2 Å². The quantitative estimate of drug-likeness (QED) is 0.286. The van der Waals surface area contributed by atoms with Gasteiger partial charge in [-0.05, 0) is 80.3 Å². The van der Waals surface area contributed by atoms with Gasteiger partial charge < -0.3 is 9.47 Å². The smallest absolute Gasteiger partial charge is 0.119 e. The third-order valence-electron chi connectivity index (χ3n) is 6.04. The van der Waals surface area contributed by atoms with Crippen molar-refractivity contribution in [2.24, 2.45) is 0 Å². The molecule has 4 rings (SSSR count). The fourth-order valence-corrected chi connectivity index (χ4v) is 5.49. The van der Waals surface area contributed by atoms with Crippen molar-refractivity contribution in [2.75, 3.05) is 25.7 Å². The van der Waals surface area contributed by atoms with Crippen LogP contribution in [0.1, 0.15) is 36.8 Å². The fraction of sp³-hybridized carbons (Fsp3) is 0.286. The lowest BCUT2D eigenvalue weighted by Gasteiger charge is -2.18. The van der Waals surface area contributed by atoms with E-state index in [0.29, 0.717) is 11.8 Å². The van der Waals surface area contributed by atoms with E-state index in [-0.39, 0.29) is 0 Å². The lowest BCUT2D eigenvalue weighted by atomic mass is 9.96. The molecule has 0 aromatic heterocycles. The highest BCUT2D eigenvalue weighted by Gasteiger charge is 2.14. The third kappa shape index (κ3) is 4.67. The highest BCUT2D eigenvalue weighted by molar-refractivity contribution is 7.99. The van der Waals surface area contributed by atoms with Crippen LogP contribution in [-0.2, 0) is 0 Å². The number of hydrogen-bond acceptors (Lipinski definition) is 3. The molecule has 4 aromatic rings. The molecule has 0 bridgehead atoms. The Balaban J connectivity index is 1.45. The summed E-state index contributed by atoms with van der Waals surface area (Å²) in [6, 6.07) is 25.9. The topological polar surface area (TPSA) is 18.5 Å². The molecule has 0 amide bonds. The van der Waals surface area contributed by atoms with Crippen molar-refractivity contribution >= 4 is 33.3 Å². The third-order valence-corrected chi connectivity index (χ3v) is 7.51. The summed E-state index contributed by atoms with van der Waals surface area (Å²) >= 11 is 2.04. The Bertz CT molecular complexity index is 1090. The maximum atomic E-state index is 5.39. The van der Waals surface area contributed by atoms with Crippen LogP contribution in [0, 0.1) is 0 Å². The van der Waals surface area contributed by atoms with Crippen molar-refractivity contribution in [2.45, 2.75) is 25.7 Å². The molecule has 2 atom stereocenters. The maximum Gasteiger partial charge on any atom is 0.119 e. The molecule has 0 radical (unpaired) electrons. The van der Waals surface area contributed by atoms with E-state index in [1.807, 2.05) is 11.8 Å². The van der Waals surface area contributed by atoms with Gasteiger partial charge in [0.2, 0.25) is 0 Å². The summed E-state index contributed by atoms with van der Waals surface area (Å²) in [5, 5.41) is 5.14. The van der Waals surface area contributed by atoms with E-state index < -0.39 is 0 Å². The minimum Gasteiger partial charge on any atom is -0.497 e. The van der Waals surface area contributed by atoms with Crippen molar-refractivity contribution in [3.8, 4) is 11.5 Å². The Labute approximate surface area is 189 Å². The average Bonchev–Trinajstić information content (AvgIpc) is 2.82. The first-order valence-electron chi connectivity index (χ1n) is 10.8. The van der Waals surface area contributed by atoms with Gasteiger partial charge in [-0.3, -0.25) is 0 Å². The largest absolute Gasteiger partial charge is 0.497 e. The van der Waals surface area contributed by atoms with Gasteiger partial charge in [0.25, 0.3) is 0 Å². The lowest BCUT2D eigenvalue weighted by molar-refractivity contribution is 0.415. The molecule has 4 aromatic carbocycles. The second-order valence-electron chi connectivity index (χ2n) is 8.21. The number of thioether (sulfide) groups is 1. The molecule has 0 saturated carbocycles. The van der Waals surface area contributed by atoms with Crippen molar-refractivity contribution < 1.29 is 9.47 Å². The monoisotopic (exact) mass is 430 g/mol. The SMILES string of the molecule is COc1ccc2c(C(C)CSCC(C)c3cccc4cc(OC)ccc34)cccc2c1. The van der Waals surface area contributed by atoms with Crippen molar-refractivity contribution in [1.82, 2.24) is 0 Å². The first-order chi connectivity index (χ1) is 15.1. The van der Waals surface area contributed by atoms with Crippen molar-refractivity contribution in [1.29, 1.82) is 0 Å². The van der Waals surface area contributed by atoms with Gasteiger partial charge in [0.15, 0.2) is 0 Å². The molecular formula is C28H30O2S. The number of ether oxygens (including phenoxy) is 2. The molecule has 2 unspecified atom stereocenters. The Kier molecular flexibility index (Phi) is 6.72. The van der Waals surface area contributed by atoms with Crippen LogP contribution in [0.3, 0.4) is 0 Å². The van der Waals surface area contributed by atoms with Gasteiger partial charge in [-0.15, -0.1) is 0 Å². The zero-order chi connectivity index (χ0) is 21.8. The van der Waals surface area contributed by atoms with Gasteiger partial charge in [-0.25, -0.2) is 0 Å². The van der Waals surface area contributed by atoms with E-state index in [4.69, 9.17) is 9.47 Å². The molecule has 0 spiro atoms. The average molecular weight is 431 g/mol. The second kappa shape index (κ2) is 9.65. The maximum absolute atomic E-state index is 5.39. The molecule has 0 aliphatic carbocycles. The molecule has 31 heavy (non-hydrogen) atoms. The van der Waals surface area contributed by atoms with Crippen LogP contribution in [0.4, 0.5) is 0 Å². The molecule has 2 nitrogen and oxygen atoms in total. The normalized spacial score (nSPS) is 13.3. The van der Waals surface area contributed by atoms with Crippen LogP contribution in [0.15, 0.2) is 72.8 Å². The summed E-state index contributed by atoms with van der Waals surface area (Å²) in [6.07, 6.45) is 0. The number of rotatable bonds is 8. The van der Waals surface area contributed by atoms with Crippen LogP contribution in [-0.4, -0.2) is 25.7 Å². The first kappa shape index (κ1) is 21.6. The molecule has 3 heteroatoms. The van der Waals surface area contributed by atoms with Crippen LogP contribution in [0.5, 0.6) is 11.5 Å². The minimum absolute atomic E-state index is 0.492. The van der Waals surface area contributed by atoms with Gasteiger partial charge in [0.05, 0.1) is 14.2 Å². The first-order valence-corrected chi connectivity index (χ1v) is 12.0. The summed E-state index contributed by atoms with van der Waals surface area (Å²) in [7, 11) is 3.44. The lowest BCUT2D eigenvalue weighted by Crippen LogP contribution is -2.03. The predicted octanol–water partition coefficient (Wildman–Crippen LogP) is 7.65. The highest BCUT2D eigenvalue weighted by Crippen LogP contribution is 2.33. The Morgan fingerprint density at radius 1 is 0.645 bits per heavy atom. The van der Waals surface area contributed by atoms with E-state index in [0.717, 1.165) is 23.0 Å². The van der Waals surface area contributed by atoms with E-state index >= 15 is 0 Å². The highest BCUT2D eigenvalue weighted by atomic mass is 32.2. The van der Waals surface area contributed by atoms with E-state index in [1.165, 1.54) is 32.7 Å². The number of benzene rings is 4. The summed E-state index contributed by atoms with van der Waals surface area (Å²) in [4.78, 5) is 0. The molecule has 0 aliphatic rings. The van der Waals surface area contributed by atoms with Crippen LogP contribution in [0.2, 0.25) is 0 Å². The summed E-state index contributed by atoms with van der Waals surface area (Å²) in [5.74, 6) is 5.01. The van der Waals surface area contributed by atoms with E-state index in [9.17, 15) is 0 Å². The number of hydrogen-bond donors (Lipinski definition) is 0. The second-order valence-corrected chi connectivity index (χ2v) is 9.28. The molecule has 0 aliphatic heterocycles. The molecule has 0 N–H and O–H groups in total. The molecule has 0 saturated heterocycles. The number of fused-ring (bicyclic) bond motifs is 2. The Morgan fingerprint density at radius 2 is 1.10 bits per heavy atom. The Hall–Kier alpha value is -2.65. The summed E-state index contributed by atoms with van der Waals surface area (Å²) in [6.45, 7) is 4.67. The fourth-order valence-electron chi connectivity index (χ4n) is 4.29. The van der Waals surface area contributed by atoms with Crippen molar-refractivity contribution in [3.05, 3.63) is 83.9 Å².